The molecule has 54 valence electrons. The molecule has 0 aromatic heterocycles. The average Bonchev–Trinajstić information content (AvgIpc) is 1.97. The summed E-state index contributed by atoms with van der Waals surface area (Å²) in [7, 11) is 5.55. The Labute approximate surface area is 66.8 Å². The van der Waals surface area contributed by atoms with E-state index in [2.05, 4.69) is 0 Å². The highest BCUT2D eigenvalue weighted by Crippen LogP contribution is 2.08. The van der Waals surface area contributed by atoms with Gasteiger partial charge < -0.3 is 5.73 Å². The van der Waals surface area contributed by atoms with E-state index >= 15 is 0 Å². The molecule has 0 unspecified atom stereocenters. The Morgan fingerprint density at radius 3 is 2.73 bits per heavy atom. The number of rotatable bonds is 1. The monoisotopic (exact) mass is 145 g/mol. The number of hydrogen-bond acceptors (Lipinski definition) is 2. The molecule has 11 heavy (non-hydrogen) atoms. The van der Waals surface area contributed by atoms with E-state index in [1.54, 1.807) is 12.1 Å². The fourth-order valence-corrected chi connectivity index (χ4v) is 0.867. The van der Waals surface area contributed by atoms with Crippen LogP contribution in [-0.2, 0) is 0 Å². The molecule has 0 heterocycles. The molecule has 2 N–H and O–H groups in total. The van der Waals surface area contributed by atoms with Gasteiger partial charge in [0, 0.05) is 11.3 Å². The molecule has 1 aromatic carbocycles. The molecular formula is C8H8BNO. The number of carbonyl (C=O) groups excluding carboxylic acids is 1. The number of carbonyl (C=O) groups is 1. The van der Waals surface area contributed by atoms with Gasteiger partial charge in [-0.1, -0.05) is 17.1 Å². The first-order valence-electron chi connectivity index (χ1n) is 3.26. The zero-order valence-electron chi connectivity index (χ0n) is 6.29. The Hall–Kier alpha value is -1.25. The molecule has 1 rings (SSSR count). The van der Waals surface area contributed by atoms with Crippen LogP contribution in [0.2, 0.25) is 0 Å². The SMILES string of the molecule is [B]c1cc(C=O)c(N)cc1C. The third kappa shape index (κ3) is 1.42. The van der Waals surface area contributed by atoms with Crippen molar-refractivity contribution in [2.75, 3.05) is 5.73 Å². The maximum Gasteiger partial charge on any atom is 0.152 e. The van der Waals surface area contributed by atoms with Gasteiger partial charge in [0.2, 0.25) is 0 Å². The summed E-state index contributed by atoms with van der Waals surface area (Å²) in [5.41, 5.74) is 7.94. The third-order valence-corrected chi connectivity index (χ3v) is 1.60. The Kier molecular flexibility index (Phi) is 1.99. The van der Waals surface area contributed by atoms with Gasteiger partial charge in [0.05, 0.1) is 0 Å². The molecule has 0 spiro atoms. The van der Waals surface area contributed by atoms with E-state index in [9.17, 15) is 4.79 Å². The van der Waals surface area contributed by atoms with Gasteiger partial charge in [-0.25, -0.2) is 0 Å². The van der Waals surface area contributed by atoms with Crippen molar-refractivity contribution in [1.82, 2.24) is 0 Å². The molecule has 0 fully saturated rings. The summed E-state index contributed by atoms with van der Waals surface area (Å²) in [6.45, 7) is 1.85. The second-order valence-electron chi connectivity index (χ2n) is 2.46. The number of nitrogens with two attached hydrogens (primary N) is 1. The smallest absolute Gasteiger partial charge is 0.152 e. The number of anilines is 1. The van der Waals surface area contributed by atoms with Crippen molar-refractivity contribution in [3.63, 3.8) is 0 Å². The molecule has 0 saturated heterocycles. The minimum Gasteiger partial charge on any atom is -0.398 e. The van der Waals surface area contributed by atoms with Gasteiger partial charge in [-0.3, -0.25) is 4.79 Å². The van der Waals surface area contributed by atoms with Gasteiger partial charge in [-0.2, -0.15) is 0 Å². The highest BCUT2D eigenvalue weighted by Gasteiger charge is 1.99. The first-order valence-corrected chi connectivity index (χ1v) is 3.26. The van der Waals surface area contributed by atoms with E-state index in [4.69, 9.17) is 13.6 Å². The second kappa shape index (κ2) is 2.78. The van der Waals surface area contributed by atoms with Crippen LogP contribution in [-0.4, -0.2) is 14.1 Å². The third-order valence-electron chi connectivity index (χ3n) is 1.60. The average molecular weight is 145 g/mol. The van der Waals surface area contributed by atoms with Crippen LogP contribution in [0.5, 0.6) is 0 Å². The highest BCUT2D eigenvalue weighted by atomic mass is 16.1. The Bertz CT molecular complexity index is 296. The summed E-state index contributed by atoms with van der Waals surface area (Å²) in [6.07, 6.45) is 0.700. The zero-order valence-corrected chi connectivity index (χ0v) is 6.29. The molecule has 0 bridgehead atoms. The molecule has 2 nitrogen and oxygen atoms in total. The minimum absolute atomic E-state index is 0.452. The van der Waals surface area contributed by atoms with Gasteiger partial charge in [0.15, 0.2) is 6.29 Å². The molecule has 0 amide bonds. The molecule has 2 radical (unpaired) electrons. The fraction of sp³-hybridized carbons (Fsp3) is 0.125. The Balaban J connectivity index is 3.31. The summed E-state index contributed by atoms with van der Waals surface area (Å²) < 4.78 is 0. The summed E-state index contributed by atoms with van der Waals surface area (Å²) in [5, 5.41) is 0. The number of nitrogen functional groups attached to an aromatic ring is 1. The topological polar surface area (TPSA) is 43.1 Å². The number of benzene rings is 1. The van der Waals surface area contributed by atoms with Crippen molar-refractivity contribution in [3.8, 4) is 0 Å². The second-order valence-corrected chi connectivity index (χ2v) is 2.46. The maximum atomic E-state index is 10.4. The van der Waals surface area contributed by atoms with Crippen molar-refractivity contribution in [1.29, 1.82) is 0 Å². The summed E-state index contributed by atoms with van der Waals surface area (Å²) >= 11 is 0. The lowest BCUT2D eigenvalue weighted by atomic mass is 9.89. The first-order chi connectivity index (χ1) is 5.15. The molecule has 1 aromatic rings. The van der Waals surface area contributed by atoms with E-state index in [1.807, 2.05) is 6.92 Å². The maximum absolute atomic E-state index is 10.4. The van der Waals surface area contributed by atoms with Crippen LogP contribution in [0.4, 0.5) is 5.69 Å². The number of aldehydes is 1. The zero-order chi connectivity index (χ0) is 8.43. The van der Waals surface area contributed by atoms with Crippen LogP contribution in [0.15, 0.2) is 12.1 Å². The van der Waals surface area contributed by atoms with E-state index in [-0.39, 0.29) is 0 Å². The van der Waals surface area contributed by atoms with Crippen LogP contribution in [0.3, 0.4) is 0 Å². The standard InChI is InChI=1S/C8H8BNO/c1-5-2-8(10)6(4-11)3-7(5)9/h2-4H,10H2,1H3. The molecular weight excluding hydrogens is 137 g/mol. The largest absolute Gasteiger partial charge is 0.398 e. The number of aryl methyl sites for hydroxylation is 1. The fourth-order valence-electron chi connectivity index (χ4n) is 0.867. The van der Waals surface area contributed by atoms with Crippen LogP contribution in [0, 0.1) is 6.92 Å². The summed E-state index contributed by atoms with van der Waals surface area (Å²) in [6, 6.07) is 3.27. The van der Waals surface area contributed by atoms with Crippen LogP contribution < -0.4 is 11.2 Å². The first kappa shape index (κ1) is 7.86. The predicted molar refractivity (Wildman–Crippen MR) is 46.4 cm³/mol. The van der Waals surface area contributed by atoms with Crippen LogP contribution >= 0.6 is 0 Å². The number of hydrogen-bond donors (Lipinski definition) is 1. The molecule has 0 saturated carbocycles. The van der Waals surface area contributed by atoms with Crippen molar-refractivity contribution in [3.05, 3.63) is 23.3 Å². The lowest BCUT2D eigenvalue weighted by molar-refractivity contribution is 0.112. The van der Waals surface area contributed by atoms with Crippen molar-refractivity contribution >= 4 is 25.3 Å². The van der Waals surface area contributed by atoms with Crippen molar-refractivity contribution in [2.24, 2.45) is 0 Å². The molecule has 0 aliphatic carbocycles. The summed E-state index contributed by atoms with van der Waals surface area (Å²) in [5.74, 6) is 0. The van der Waals surface area contributed by atoms with Crippen molar-refractivity contribution in [2.45, 2.75) is 6.92 Å². The lowest BCUT2D eigenvalue weighted by Crippen LogP contribution is -2.10. The van der Waals surface area contributed by atoms with Crippen molar-refractivity contribution < 1.29 is 4.79 Å². The van der Waals surface area contributed by atoms with Gasteiger partial charge in [-0.15, -0.1) is 0 Å². The van der Waals surface area contributed by atoms with Gasteiger partial charge in [0.25, 0.3) is 0 Å². The van der Waals surface area contributed by atoms with Gasteiger partial charge >= 0.3 is 0 Å². The quantitative estimate of drug-likeness (QED) is 0.348. The lowest BCUT2D eigenvalue weighted by Gasteiger charge is -2.03. The normalized spacial score (nSPS) is 9.55. The Morgan fingerprint density at radius 2 is 2.18 bits per heavy atom. The van der Waals surface area contributed by atoms with E-state index < -0.39 is 0 Å². The summed E-state index contributed by atoms with van der Waals surface area (Å²) in [4.78, 5) is 10.4. The molecule has 0 aliphatic heterocycles. The van der Waals surface area contributed by atoms with Gasteiger partial charge in [-0.05, 0) is 13.0 Å². The van der Waals surface area contributed by atoms with Gasteiger partial charge in [0.1, 0.15) is 7.85 Å². The van der Waals surface area contributed by atoms with E-state index in [1.165, 1.54) is 0 Å². The molecule has 3 heteroatoms. The Morgan fingerprint density at radius 1 is 1.55 bits per heavy atom. The van der Waals surface area contributed by atoms with E-state index in [0.717, 1.165) is 5.56 Å². The van der Waals surface area contributed by atoms with Crippen LogP contribution in [0.1, 0.15) is 15.9 Å². The van der Waals surface area contributed by atoms with Crippen LogP contribution in [0.25, 0.3) is 0 Å². The minimum atomic E-state index is 0.452. The molecule has 0 aliphatic rings. The molecule has 0 atom stereocenters. The highest BCUT2D eigenvalue weighted by molar-refractivity contribution is 6.33. The predicted octanol–water partition coefficient (Wildman–Crippen LogP) is 0.184. The van der Waals surface area contributed by atoms with E-state index in [0.29, 0.717) is 23.0 Å².